The number of halogens is 1. The summed E-state index contributed by atoms with van der Waals surface area (Å²) in [6.07, 6.45) is 0. The van der Waals surface area contributed by atoms with Gasteiger partial charge in [-0.3, -0.25) is 10.1 Å². The van der Waals surface area contributed by atoms with E-state index in [1.807, 2.05) is 0 Å². The quantitative estimate of drug-likeness (QED) is 0.668. The average Bonchev–Trinajstić information content (AvgIpc) is 2.80. The van der Waals surface area contributed by atoms with Gasteiger partial charge in [-0.25, -0.2) is 0 Å². The van der Waals surface area contributed by atoms with Crippen molar-refractivity contribution in [1.82, 2.24) is 9.59 Å². The van der Waals surface area contributed by atoms with Crippen LogP contribution in [0.5, 0.6) is 0 Å². The van der Waals surface area contributed by atoms with Gasteiger partial charge < -0.3 is 5.32 Å². The molecular formula is C9H7FN4O2S. The van der Waals surface area contributed by atoms with Crippen LogP contribution in [0.4, 0.5) is 15.8 Å². The van der Waals surface area contributed by atoms with Crippen LogP contribution in [0.1, 0.15) is 5.69 Å². The van der Waals surface area contributed by atoms with Crippen molar-refractivity contribution in [1.29, 1.82) is 0 Å². The van der Waals surface area contributed by atoms with E-state index in [1.165, 1.54) is 17.6 Å². The fourth-order valence-electron chi connectivity index (χ4n) is 1.22. The topological polar surface area (TPSA) is 81.0 Å². The zero-order valence-electron chi connectivity index (χ0n) is 8.46. The maximum atomic E-state index is 13.0. The Hall–Kier alpha value is -2.09. The van der Waals surface area contributed by atoms with Crippen molar-refractivity contribution in [3.8, 4) is 0 Å². The molecule has 0 aliphatic heterocycles. The zero-order valence-corrected chi connectivity index (χ0v) is 9.28. The normalized spacial score (nSPS) is 10.2. The van der Waals surface area contributed by atoms with Crippen LogP contribution < -0.4 is 5.32 Å². The Morgan fingerprint density at radius 3 is 3.00 bits per heavy atom. The molecule has 0 amide bonds. The van der Waals surface area contributed by atoms with E-state index >= 15 is 0 Å². The first-order chi connectivity index (χ1) is 8.16. The van der Waals surface area contributed by atoms with E-state index in [1.54, 1.807) is 5.38 Å². The van der Waals surface area contributed by atoms with Crippen LogP contribution in [0.25, 0.3) is 0 Å². The molecule has 0 saturated heterocycles. The third-order valence-corrected chi connectivity index (χ3v) is 2.58. The molecule has 0 saturated carbocycles. The van der Waals surface area contributed by atoms with Gasteiger partial charge in [-0.2, -0.15) is 4.39 Å². The molecule has 88 valence electrons. The van der Waals surface area contributed by atoms with Gasteiger partial charge in [0.2, 0.25) is 5.82 Å². The van der Waals surface area contributed by atoms with Gasteiger partial charge in [0.05, 0.1) is 17.2 Å². The van der Waals surface area contributed by atoms with Crippen LogP contribution in [0, 0.1) is 15.9 Å². The lowest BCUT2D eigenvalue weighted by molar-refractivity contribution is -0.387. The Kier molecular flexibility index (Phi) is 3.24. The van der Waals surface area contributed by atoms with Gasteiger partial charge in [0.25, 0.3) is 0 Å². The molecule has 8 heteroatoms. The molecule has 1 N–H and O–H groups in total. The van der Waals surface area contributed by atoms with Crippen LogP contribution in [0.2, 0.25) is 0 Å². The number of hydrogen-bond donors (Lipinski definition) is 1. The van der Waals surface area contributed by atoms with E-state index in [0.717, 1.165) is 17.8 Å². The second kappa shape index (κ2) is 4.83. The second-order valence-corrected chi connectivity index (χ2v) is 3.78. The number of anilines is 1. The van der Waals surface area contributed by atoms with Crippen LogP contribution >= 0.6 is 11.5 Å². The minimum atomic E-state index is -0.851. The molecule has 1 aromatic heterocycles. The molecule has 1 heterocycles. The highest BCUT2D eigenvalue weighted by atomic mass is 32.1. The van der Waals surface area contributed by atoms with Crippen molar-refractivity contribution in [2.24, 2.45) is 0 Å². The van der Waals surface area contributed by atoms with Crippen LogP contribution in [-0.2, 0) is 6.54 Å². The monoisotopic (exact) mass is 254 g/mol. The molecule has 0 aliphatic rings. The van der Waals surface area contributed by atoms with Crippen LogP contribution in [0.15, 0.2) is 23.6 Å². The molecule has 2 rings (SSSR count). The number of hydrogen-bond acceptors (Lipinski definition) is 6. The van der Waals surface area contributed by atoms with E-state index in [4.69, 9.17) is 0 Å². The van der Waals surface area contributed by atoms with Crippen molar-refractivity contribution < 1.29 is 9.31 Å². The summed E-state index contributed by atoms with van der Waals surface area (Å²) in [5.74, 6) is -0.851. The Bertz CT molecular complexity index is 532. The largest absolute Gasteiger partial charge is 0.379 e. The van der Waals surface area contributed by atoms with Crippen molar-refractivity contribution in [2.75, 3.05) is 5.32 Å². The highest BCUT2D eigenvalue weighted by Crippen LogP contribution is 2.21. The molecule has 17 heavy (non-hydrogen) atoms. The molecule has 0 unspecified atom stereocenters. The number of nitro groups is 1. The lowest BCUT2D eigenvalue weighted by atomic mass is 10.2. The number of rotatable bonds is 4. The molecule has 0 atom stereocenters. The predicted octanol–water partition coefficient (Wildman–Crippen LogP) is 2.20. The van der Waals surface area contributed by atoms with E-state index in [2.05, 4.69) is 14.9 Å². The third-order valence-electron chi connectivity index (χ3n) is 2.02. The van der Waals surface area contributed by atoms with Gasteiger partial charge >= 0.3 is 5.69 Å². The van der Waals surface area contributed by atoms with Gasteiger partial charge in [-0.15, -0.1) is 5.10 Å². The molecular weight excluding hydrogens is 247 g/mol. The van der Waals surface area contributed by atoms with Gasteiger partial charge in [-0.1, -0.05) is 4.49 Å². The van der Waals surface area contributed by atoms with Gasteiger partial charge in [-0.05, 0) is 23.7 Å². The van der Waals surface area contributed by atoms with E-state index in [9.17, 15) is 14.5 Å². The fourth-order valence-corrected chi connectivity index (χ4v) is 1.67. The first kappa shape index (κ1) is 11.4. The lowest BCUT2D eigenvalue weighted by Crippen LogP contribution is -2.01. The van der Waals surface area contributed by atoms with Crippen molar-refractivity contribution >= 4 is 22.9 Å². The van der Waals surface area contributed by atoms with Gasteiger partial charge in [0.15, 0.2) is 0 Å². The number of aromatic nitrogens is 2. The van der Waals surface area contributed by atoms with Gasteiger partial charge in [0.1, 0.15) is 0 Å². The predicted molar refractivity (Wildman–Crippen MR) is 60.3 cm³/mol. The average molecular weight is 254 g/mol. The number of nitrogens with zero attached hydrogens (tertiary/aromatic N) is 3. The molecule has 2 aromatic rings. The first-order valence-electron chi connectivity index (χ1n) is 4.60. The molecule has 0 radical (unpaired) electrons. The summed E-state index contributed by atoms with van der Waals surface area (Å²) in [4.78, 5) is 9.76. The minimum absolute atomic E-state index is 0.388. The van der Waals surface area contributed by atoms with Crippen LogP contribution in [0.3, 0.4) is 0 Å². The Morgan fingerprint density at radius 2 is 2.35 bits per heavy atom. The summed E-state index contributed by atoms with van der Waals surface area (Å²) in [5, 5.41) is 19.0. The van der Waals surface area contributed by atoms with Gasteiger partial charge in [0, 0.05) is 17.1 Å². The molecule has 0 fully saturated rings. The highest BCUT2D eigenvalue weighted by molar-refractivity contribution is 7.03. The summed E-state index contributed by atoms with van der Waals surface area (Å²) >= 11 is 1.22. The Balaban J connectivity index is 2.11. The molecule has 0 spiro atoms. The smallest absolute Gasteiger partial charge is 0.306 e. The van der Waals surface area contributed by atoms with E-state index in [0.29, 0.717) is 12.2 Å². The van der Waals surface area contributed by atoms with Crippen molar-refractivity contribution in [2.45, 2.75) is 6.54 Å². The summed E-state index contributed by atoms with van der Waals surface area (Å²) in [7, 11) is 0. The molecule has 0 bridgehead atoms. The number of benzene rings is 1. The number of nitro benzene ring substituents is 1. The van der Waals surface area contributed by atoms with E-state index in [-0.39, 0.29) is 0 Å². The number of nitrogens with one attached hydrogen (secondary N) is 1. The standard InChI is InChI=1S/C9H7FN4O2S/c10-8-2-1-6(3-9(8)14(15)16)11-4-7-5-17-13-12-7/h1-3,5,11H,4H2. The lowest BCUT2D eigenvalue weighted by Gasteiger charge is -2.03. The fraction of sp³-hybridized carbons (Fsp3) is 0.111. The Morgan fingerprint density at radius 1 is 1.53 bits per heavy atom. The minimum Gasteiger partial charge on any atom is -0.379 e. The molecule has 1 aromatic carbocycles. The molecule has 6 nitrogen and oxygen atoms in total. The maximum absolute atomic E-state index is 13.0. The molecule has 0 aliphatic carbocycles. The zero-order chi connectivity index (χ0) is 12.3. The summed E-state index contributed by atoms with van der Waals surface area (Å²) in [6, 6.07) is 3.64. The second-order valence-electron chi connectivity index (χ2n) is 3.17. The Labute approximate surface area is 99.4 Å². The first-order valence-corrected chi connectivity index (χ1v) is 5.44. The van der Waals surface area contributed by atoms with Crippen LogP contribution in [-0.4, -0.2) is 14.5 Å². The summed E-state index contributed by atoms with van der Waals surface area (Å²) < 4.78 is 16.7. The van der Waals surface area contributed by atoms with E-state index < -0.39 is 16.4 Å². The van der Waals surface area contributed by atoms with Crippen molar-refractivity contribution in [3.63, 3.8) is 0 Å². The maximum Gasteiger partial charge on any atom is 0.306 e. The third kappa shape index (κ3) is 2.72. The van der Waals surface area contributed by atoms with Crippen molar-refractivity contribution in [3.05, 3.63) is 45.2 Å². The SMILES string of the molecule is O=[N+]([O-])c1cc(NCc2csnn2)ccc1F. The summed E-state index contributed by atoms with van der Waals surface area (Å²) in [5.41, 5.74) is 0.638. The summed E-state index contributed by atoms with van der Waals surface area (Å²) in [6.45, 7) is 0.388. The highest BCUT2D eigenvalue weighted by Gasteiger charge is 2.14.